The van der Waals surface area contributed by atoms with Crippen molar-refractivity contribution in [3.8, 4) is 0 Å². The molecule has 1 saturated carbocycles. The summed E-state index contributed by atoms with van der Waals surface area (Å²) in [6.07, 6.45) is 8.16. The quantitative estimate of drug-likeness (QED) is 0.818. The molecular weight excluding hydrogens is 214 g/mol. The number of pyridine rings is 1. The molecule has 0 radical (unpaired) electrons. The molecule has 1 fully saturated rings. The van der Waals surface area contributed by atoms with E-state index in [2.05, 4.69) is 10.3 Å². The SMILES string of the molecule is N[C@@H]1CCCC[C@H]1NC(=O)Cc1cccnc1. The number of rotatable bonds is 3. The Bertz CT molecular complexity index is 366. The first-order valence-corrected chi connectivity index (χ1v) is 6.19. The van der Waals surface area contributed by atoms with Gasteiger partial charge in [0.15, 0.2) is 0 Å². The van der Waals surface area contributed by atoms with Gasteiger partial charge in [-0.3, -0.25) is 9.78 Å². The molecule has 1 aliphatic rings. The minimum Gasteiger partial charge on any atom is -0.352 e. The van der Waals surface area contributed by atoms with Crippen molar-refractivity contribution in [1.82, 2.24) is 10.3 Å². The average molecular weight is 233 g/mol. The van der Waals surface area contributed by atoms with Gasteiger partial charge in [-0.1, -0.05) is 18.9 Å². The Labute approximate surface area is 102 Å². The van der Waals surface area contributed by atoms with Crippen LogP contribution in [0.15, 0.2) is 24.5 Å². The van der Waals surface area contributed by atoms with E-state index in [1.807, 2.05) is 12.1 Å². The van der Waals surface area contributed by atoms with E-state index in [0.717, 1.165) is 24.8 Å². The maximum atomic E-state index is 11.8. The van der Waals surface area contributed by atoms with Crippen LogP contribution in [-0.4, -0.2) is 23.0 Å². The molecular formula is C13H19N3O. The summed E-state index contributed by atoms with van der Waals surface area (Å²) in [4.78, 5) is 15.8. The maximum Gasteiger partial charge on any atom is 0.224 e. The van der Waals surface area contributed by atoms with Crippen molar-refractivity contribution < 1.29 is 4.79 Å². The van der Waals surface area contributed by atoms with Gasteiger partial charge in [0.25, 0.3) is 0 Å². The van der Waals surface area contributed by atoms with E-state index >= 15 is 0 Å². The van der Waals surface area contributed by atoms with Gasteiger partial charge in [-0.25, -0.2) is 0 Å². The molecule has 0 spiro atoms. The summed E-state index contributed by atoms with van der Waals surface area (Å²) >= 11 is 0. The highest BCUT2D eigenvalue weighted by atomic mass is 16.1. The van der Waals surface area contributed by atoms with E-state index in [1.54, 1.807) is 12.4 Å². The second-order valence-electron chi connectivity index (χ2n) is 4.66. The maximum absolute atomic E-state index is 11.8. The van der Waals surface area contributed by atoms with Gasteiger partial charge >= 0.3 is 0 Å². The summed E-state index contributed by atoms with van der Waals surface area (Å²) in [7, 11) is 0. The van der Waals surface area contributed by atoms with Gasteiger partial charge in [-0.15, -0.1) is 0 Å². The van der Waals surface area contributed by atoms with Gasteiger partial charge in [-0.05, 0) is 24.5 Å². The minimum absolute atomic E-state index is 0.0420. The summed E-state index contributed by atoms with van der Waals surface area (Å²) in [6.45, 7) is 0. The van der Waals surface area contributed by atoms with Crippen molar-refractivity contribution in [2.75, 3.05) is 0 Å². The summed E-state index contributed by atoms with van der Waals surface area (Å²) < 4.78 is 0. The fourth-order valence-electron chi connectivity index (χ4n) is 2.28. The van der Waals surface area contributed by atoms with Crippen LogP contribution in [0.3, 0.4) is 0 Å². The zero-order valence-corrected chi connectivity index (χ0v) is 9.93. The number of nitrogens with one attached hydrogen (secondary N) is 1. The van der Waals surface area contributed by atoms with Crippen LogP contribution < -0.4 is 11.1 Å². The van der Waals surface area contributed by atoms with Crippen molar-refractivity contribution in [3.63, 3.8) is 0 Å². The van der Waals surface area contributed by atoms with E-state index in [1.165, 1.54) is 6.42 Å². The first-order chi connectivity index (χ1) is 8.25. The Hall–Kier alpha value is -1.42. The molecule has 0 bridgehead atoms. The summed E-state index contributed by atoms with van der Waals surface area (Å²) in [5, 5.41) is 3.03. The third-order valence-corrected chi connectivity index (χ3v) is 3.25. The molecule has 0 unspecified atom stereocenters. The van der Waals surface area contributed by atoms with Gasteiger partial charge in [0.2, 0.25) is 5.91 Å². The van der Waals surface area contributed by atoms with Crippen LogP contribution in [0.5, 0.6) is 0 Å². The van der Waals surface area contributed by atoms with E-state index in [0.29, 0.717) is 6.42 Å². The standard InChI is InChI=1S/C13H19N3O/c14-11-5-1-2-6-12(11)16-13(17)8-10-4-3-7-15-9-10/h3-4,7,9,11-12H,1-2,5-6,8,14H2,(H,16,17)/t11-,12-/m1/s1. The number of hydrogen-bond acceptors (Lipinski definition) is 3. The number of carbonyl (C=O) groups excluding carboxylic acids is 1. The molecule has 1 amide bonds. The molecule has 92 valence electrons. The zero-order chi connectivity index (χ0) is 12.1. The van der Waals surface area contributed by atoms with Crippen LogP contribution in [0.25, 0.3) is 0 Å². The highest BCUT2D eigenvalue weighted by Gasteiger charge is 2.23. The lowest BCUT2D eigenvalue weighted by Crippen LogP contribution is -2.49. The lowest BCUT2D eigenvalue weighted by molar-refractivity contribution is -0.121. The summed E-state index contributed by atoms with van der Waals surface area (Å²) in [5.74, 6) is 0.0420. The van der Waals surface area contributed by atoms with Crippen LogP contribution in [0.2, 0.25) is 0 Å². The molecule has 1 aromatic rings. The number of nitrogens with two attached hydrogens (primary N) is 1. The van der Waals surface area contributed by atoms with E-state index in [-0.39, 0.29) is 18.0 Å². The monoisotopic (exact) mass is 233 g/mol. The fraction of sp³-hybridized carbons (Fsp3) is 0.538. The summed E-state index contributed by atoms with van der Waals surface area (Å²) in [6, 6.07) is 4.01. The van der Waals surface area contributed by atoms with Crippen LogP contribution >= 0.6 is 0 Å². The summed E-state index contributed by atoms with van der Waals surface area (Å²) in [5.41, 5.74) is 6.93. The van der Waals surface area contributed by atoms with Gasteiger partial charge in [0, 0.05) is 24.5 Å². The lowest BCUT2D eigenvalue weighted by atomic mass is 9.91. The minimum atomic E-state index is 0.0420. The predicted molar refractivity (Wildman–Crippen MR) is 66.3 cm³/mol. The lowest BCUT2D eigenvalue weighted by Gasteiger charge is -2.29. The number of carbonyl (C=O) groups is 1. The molecule has 1 aliphatic carbocycles. The fourth-order valence-corrected chi connectivity index (χ4v) is 2.28. The average Bonchev–Trinajstić information content (AvgIpc) is 2.33. The number of nitrogens with zero attached hydrogens (tertiary/aromatic N) is 1. The van der Waals surface area contributed by atoms with Crippen LogP contribution in [0.4, 0.5) is 0 Å². The zero-order valence-electron chi connectivity index (χ0n) is 9.93. The van der Waals surface area contributed by atoms with Crippen molar-refractivity contribution >= 4 is 5.91 Å². The smallest absolute Gasteiger partial charge is 0.224 e. The van der Waals surface area contributed by atoms with Crippen molar-refractivity contribution in [2.24, 2.45) is 5.73 Å². The highest BCUT2D eigenvalue weighted by molar-refractivity contribution is 5.78. The Morgan fingerprint density at radius 1 is 1.47 bits per heavy atom. The van der Waals surface area contributed by atoms with Crippen LogP contribution in [0.1, 0.15) is 31.2 Å². The van der Waals surface area contributed by atoms with Crippen molar-refractivity contribution in [2.45, 2.75) is 44.2 Å². The third-order valence-electron chi connectivity index (χ3n) is 3.25. The molecule has 0 aliphatic heterocycles. The number of aromatic nitrogens is 1. The second kappa shape index (κ2) is 5.77. The molecule has 4 nitrogen and oxygen atoms in total. The molecule has 4 heteroatoms. The first-order valence-electron chi connectivity index (χ1n) is 6.19. The number of amides is 1. The van der Waals surface area contributed by atoms with Gasteiger partial charge in [-0.2, -0.15) is 0 Å². The van der Waals surface area contributed by atoms with Crippen molar-refractivity contribution in [3.05, 3.63) is 30.1 Å². The Kier molecular flexibility index (Phi) is 4.09. The topological polar surface area (TPSA) is 68.0 Å². The number of hydrogen-bond donors (Lipinski definition) is 2. The molecule has 3 N–H and O–H groups in total. The molecule has 1 heterocycles. The molecule has 0 saturated heterocycles. The van der Waals surface area contributed by atoms with Crippen LogP contribution in [-0.2, 0) is 11.2 Å². The van der Waals surface area contributed by atoms with Gasteiger partial charge in [0.05, 0.1) is 6.42 Å². The van der Waals surface area contributed by atoms with E-state index < -0.39 is 0 Å². The Morgan fingerprint density at radius 2 is 2.29 bits per heavy atom. The highest BCUT2D eigenvalue weighted by Crippen LogP contribution is 2.16. The van der Waals surface area contributed by atoms with E-state index in [9.17, 15) is 4.79 Å². The van der Waals surface area contributed by atoms with Crippen molar-refractivity contribution in [1.29, 1.82) is 0 Å². The van der Waals surface area contributed by atoms with Gasteiger partial charge in [0.1, 0.15) is 0 Å². The molecule has 2 rings (SSSR count). The predicted octanol–water partition coefficient (Wildman–Crippen LogP) is 1.01. The third kappa shape index (κ3) is 3.53. The molecule has 2 atom stereocenters. The molecule has 1 aromatic heterocycles. The largest absolute Gasteiger partial charge is 0.352 e. The molecule has 17 heavy (non-hydrogen) atoms. The van der Waals surface area contributed by atoms with Crippen LogP contribution in [0, 0.1) is 0 Å². The van der Waals surface area contributed by atoms with Gasteiger partial charge < -0.3 is 11.1 Å². The molecule has 0 aromatic carbocycles. The normalized spacial score (nSPS) is 24.3. The second-order valence-corrected chi connectivity index (χ2v) is 4.66. The first kappa shape index (κ1) is 12.0. The van der Waals surface area contributed by atoms with E-state index in [4.69, 9.17) is 5.73 Å². The Balaban J connectivity index is 1.84. The Morgan fingerprint density at radius 3 is 3.00 bits per heavy atom.